The van der Waals surface area contributed by atoms with Crippen molar-refractivity contribution < 1.29 is 23.5 Å². The molecule has 0 saturated carbocycles. The highest BCUT2D eigenvalue weighted by Gasteiger charge is 2.34. The summed E-state index contributed by atoms with van der Waals surface area (Å²) in [5, 5.41) is 5.25. The Kier molecular flexibility index (Phi) is 7.86. The summed E-state index contributed by atoms with van der Waals surface area (Å²) in [7, 11) is 0. The Morgan fingerprint density at radius 1 is 1.36 bits per heavy atom. The van der Waals surface area contributed by atoms with Gasteiger partial charge in [-0.05, 0) is 48.8 Å². The van der Waals surface area contributed by atoms with E-state index in [9.17, 15) is 18.8 Å². The van der Waals surface area contributed by atoms with Crippen LogP contribution in [0.4, 0.5) is 4.39 Å². The summed E-state index contributed by atoms with van der Waals surface area (Å²) in [6, 6.07) is 4.14. The van der Waals surface area contributed by atoms with Crippen molar-refractivity contribution in [3.05, 3.63) is 35.6 Å². The molecule has 1 aliphatic heterocycles. The number of benzene rings is 1. The van der Waals surface area contributed by atoms with Gasteiger partial charge in [0.1, 0.15) is 11.9 Å². The van der Waals surface area contributed by atoms with Crippen LogP contribution < -0.4 is 10.6 Å². The van der Waals surface area contributed by atoms with Crippen LogP contribution in [-0.2, 0) is 14.3 Å². The molecule has 1 unspecified atom stereocenters. The second kappa shape index (κ2) is 10.1. The van der Waals surface area contributed by atoms with Crippen molar-refractivity contribution in [3.8, 4) is 0 Å². The maximum atomic E-state index is 13.0. The number of rotatable bonds is 6. The highest BCUT2D eigenvalue weighted by Crippen LogP contribution is 2.12. The number of hydrogen-bond donors (Lipinski definition) is 2. The van der Waals surface area contributed by atoms with E-state index >= 15 is 0 Å². The standard InChI is InChI=1S/C19H24FN3O4S/c1-12(2)7-10-27-16(24)11-15-18(26)21-8-9-23(15)19(28)22-17(25)13-3-5-14(20)6-4-13/h3-6,12,15H,7-11H2,1-2H3,(H,21,26)(H,22,25,28). The van der Waals surface area contributed by atoms with Crippen molar-refractivity contribution in [1.29, 1.82) is 0 Å². The van der Waals surface area contributed by atoms with Gasteiger partial charge in [-0.1, -0.05) is 13.8 Å². The van der Waals surface area contributed by atoms with Crippen LogP contribution >= 0.6 is 12.2 Å². The quantitative estimate of drug-likeness (QED) is 0.548. The summed E-state index contributed by atoms with van der Waals surface area (Å²) >= 11 is 5.27. The van der Waals surface area contributed by atoms with Crippen LogP contribution in [0.1, 0.15) is 37.0 Å². The Hall–Kier alpha value is -2.55. The molecular formula is C19H24FN3O4S. The van der Waals surface area contributed by atoms with Crippen LogP contribution in [0.25, 0.3) is 0 Å². The lowest BCUT2D eigenvalue weighted by Crippen LogP contribution is -2.60. The molecule has 1 fully saturated rings. The maximum Gasteiger partial charge on any atom is 0.308 e. The summed E-state index contributed by atoms with van der Waals surface area (Å²) in [6.07, 6.45) is 0.564. The third-order valence-corrected chi connectivity index (χ3v) is 4.57. The van der Waals surface area contributed by atoms with Gasteiger partial charge in [0.15, 0.2) is 5.11 Å². The third kappa shape index (κ3) is 6.26. The Bertz CT molecular complexity index is 739. The van der Waals surface area contributed by atoms with Crippen LogP contribution in [0.15, 0.2) is 24.3 Å². The second-order valence-corrected chi connectivity index (χ2v) is 7.26. The fraction of sp³-hybridized carbons (Fsp3) is 0.474. The number of amides is 2. The summed E-state index contributed by atoms with van der Waals surface area (Å²) in [6.45, 7) is 5.01. The average Bonchev–Trinajstić information content (AvgIpc) is 2.63. The first kappa shape index (κ1) is 21.7. The smallest absolute Gasteiger partial charge is 0.308 e. The average molecular weight is 409 g/mol. The van der Waals surface area contributed by atoms with Crippen LogP contribution in [0.3, 0.4) is 0 Å². The van der Waals surface area contributed by atoms with E-state index in [0.717, 1.165) is 6.42 Å². The molecule has 1 aliphatic rings. The van der Waals surface area contributed by atoms with Crippen molar-refractivity contribution in [2.45, 2.75) is 32.7 Å². The zero-order valence-corrected chi connectivity index (χ0v) is 16.7. The van der Waals surface area contributed by atoms with E-state index in [1.54, 1.807) is 0 Å². The minimum Gasteiger partial charge on any atom is -0.466 e. The molecule has 1 atom stereocenters. The zero-order valence-electron chi connectivity index (χ0n) is 15.9. The normalized spacial score (nSPS) is 16.5. The first-order valence-electron chi connectivity index (χ1n) is 9.08. The van der Waals surface area contributed by atoms with Crippen LogP contribution in [-0.4, -0.2) is 53.5 Å². The number of nitrogens with one attached hydrogen (secondary N) is 2. The fourth-order valence-corrected chi connectivity index (χ4v) is 2.94. The van der Waals surface area contributed by atoms with Gasteiger partial charge in [-0.3, -0.25) is 19.7 Å². The minimum atomic E-state index is -0.860. The van der Waals surface area contributed by atoms with Gasteiger partial charge in [0, 0.05) is 18.7 Å². The van der Waals surface area contributed by atoms with E-state index < -0.39 is 23.7 Å². The molecular weight excluding hydrogens is 385 g/mol. The number of esters is 1. The van der Waals surface area contributed by atoms with E-state index in [0.29, 0.717) is 19.0 Å². The predicted molar refractivity (Wildman–Crippen MR) is 105 cm³/mol. The Morgan fingerprint density at radius 3 is 2.68 bits per heavy atom. The summed E-state index contributed by atoms with van der Waals surface area (Å²) in [4.78, 5) is 38.1. The number of thiocarbonyl (C=S) groups is 1. The number of ether oxygens (including phenoxy) is 1. The van der Waals surface area contributed by atoms with E-state index in [-0.39, 0.29) is 29.6 Å². The van der Waals surface area contributed by atoms with E-state index in [2.05, 4.69) is 10.6 Å². The van der Waals surface area contributed by atoms with Crippen molar-refractivity contribution in [3.63, 3.8) is 0 Å². The van der Waals surface area contributed by atoms with E-state index in [4.69, 9.17) is 17.0 Å². The highest BCUT2D eigenvalue weighted by atomic mass is 32.1. The van der Waals surface area contributed by atoms with Crippen molar-refractivity contribution in [2.75, 3.05) is 19.7 Å². The molecule has 2 rings (SSSR count). The van der Waals surface area contributed by atoms with Crippen LogP contribution in [0.2, 0.25) is 0 Å². The van der Waals surface area contributed by atoms with Crippen molar-refractivity contribution in [1.82, 2.24) is 15.5 Å². The SMILES string of the molecule is CC(C)CCOC(=O)CC1C(=O)NCCN1C(=S)NC(=O)c1ccc(F)cc1. The Labute approximate surface area is 168 Å². The molecule has 7 nitrogen and oxygen atoms in total. The van der Waals surface area contributed by atoms with E-state index in [1.807, 2.05) is 13.8 Å². The van der Waals surface area contributed by atoms with Gasteiger partial charge in [0.25, 0.3) is 5.91 Å². The Balaban J connectivity index is 1.98. The molecule has 1 aromatic rings. The molecule has 0 radical (unpaired) electrons. The van der Waals surface area contributed by atoms with Crippen LogP contribution in [0, 0.1) is 11.7 Å². The first-order chi connectivity index (χ1) is 13.3. The molecule has 2 N–H and O–H groups in total. The fourth-order valence-electron chi connectivity index (χ4n) is 2.63. The van der Waals surface area contributed by atoms with Gasteiger partial charge in [-0.2, -0.15) is 0 Å². The molecule has 1 aromatic carbocycles. The summed E-state index contributed by atoms with van der Waals surface area (Å²) in [5.41, 5.74) is 0.231. The number of carbonyl (C=O) groups excluding carboxylic acids is 3. The summed E-state index contributed by atoms with van der Waals surface area (Å²) in [5.74, 6) is -1.43. The van der Waals surface area contributed by atoms with E-state index in [1.165, 1.54) is 29.2 Å². The summed E-state index contributed by atoms with van der Waals surface area (Å²) < 4.78 is 18.2. The molecule has 9 heteroatoms. The number of nitrogens with zero attached hydrogens (tertiary/aromatic N) is 1. The molecule has 0 bridgehead atoms. The maximum absolute atomic E-state index is 13.0. The molecule has 28 heavy (non-hydrogen) atoms. The molecule has 0 spiro atoms. The minimum absolute atomic E-state index is 0.0316. The topological polar surface area (TPSA) is 87.7 Å². The van der Waals surface area contributed by atoms with Gasteiger partial charge in [0.2, 0.25) is 5.91 Å². The number of halogens is 1. The van der Waals surface area contributed by atoms with Gasteiger partial charge >= 0.3 is 5.97 Å². The predicted octanol–water partition coefficient (Wildman–Crippen LogP) is 1.62. The first-order valence-corrected chi connectivity index (χ1v) is 9.49. The lowest BCUT2D eigenvalue weighted by molar-refractivity contribution is -0.147. The van der Waals surface area contributed by atoms with Gasteiger partial charge < -0.3 is 15.0 Å². The van der Waals surface area contributed by atoms with Gasteiger partial charge in [-0.15, -0.1) is 0 Å². The third-order valence-electron chi connectivity index (χ3n) is 4.24. The van der Waals surface area contributed by atoms with Crippen molar-refractivity contribution >= 4 is 35.1 Å². The van der Waals surface area contributed by atoms with Gasteiger partial charge in [-0.25, -0.2) is 4.39 Å². The van der Waals surface area contributed by atoms with Crippen LogP contribution in [0.5, 0.6) is 0 Å². The zero-order chi connectivity index (χ0) is 20.7. The number of piperazine rings is 1. The monoisotopic (exact) mass is 409 g/mol. The molecule has 152 valence electrons. The molecule has 0 aliphatic carbocycles. The molecule has 2 amide bonds. The molecule has 1 heterocycles. The largest absolute Gasteiger partial charge is 0.466 e. The Morgan fingerprint density at radius 2 is 2.04 bits per heavy atom. The van der Waals surface area contributed by atoms with Gasteiger partial charge in [0.05, 0.1) is 13.0 Å². The molecule has 0 aromatic heterocycles. The van der Waals surface area contributed by atoms with Crippen molar-refractivity contribution in [2.24, 2.45) is 5.92 Å². The number of carbonyl (C=O) groups is 3. The lowest BCUT2D eigenvalue weighted by atomic mass is 10.1. The highest BCUT2D eigenvalue weighted by molar-refractivity contribution is 7.80. The number of hydrogen-bond acceptors (Lipinski definition) is 5. The molecule has 1 saturated heterocycles. The lowest BCUT2D eigenvalue weighted by Gasteiger charge is -2.36. The second-order valence-electron chi connectivity index (χ2n) is 6.87.